The van der Waals surface area contributed by atoms with Crippen LogP contribution < -0.4 is 5.42 Å². The molecule has 0 spiro atoms. The first-order valence-electron chi connectivity index (χ1n) is 6.31. The number of allylic oxidation sites excluding steroid dienone is 1. The lowest BCUT2D eigenvalue weighted by Crippen LogP contribution is -2.06. The zero-order valence-electron chi connectivity index (χ0n) is 10.3. The molecule has 0 radical (unpaired) electrons. The molecule has 1 aliphatic carbocycles. The molecule has 3 heteroatoms. The number of benzene rings is 1. The molecule has 0 atom stereocenters. The van der Waals surface area contributed by atoms with E-state index in [4.69, 9.17) is 4.42 Å². The molecular formula is C16H12N2O. The lowest BCUT2D eigenvalue weighted by atomic mass is 10.1. The van der Waals surface area contributed by atoms with Crippen molar-refractivity contribution in [2.45, 2.75) is 6.42 Å². The van der Waals surface area contributed by atoms with E-state index >= 15 is 0 Å². The van der Waals surface area contributed by atoms with Crippen molar-refractivity contribution in [2.75, 3.05) is 0 Å². The van der Waals surface area contributed by atoms with E-state index in [1.54, 1.807) is 4.52 Å². The van der Waals surface area contributed by atoms with Crippen LogP contribution >= 0.6 is 0 Å². The average Bonchev–Trinajstić information content (AvgIpc) is 2.76. The van der Waals surface area contributed by atoms with Crippen molar-refractivity contribution in [1.82, 2.24) is 9.61 Å². The van der Waals surface area contributed by atoms with Crippen LogP contribution in [0.15, 0.2) is 53.2 Å². The fourth-order valence-corrected chi connectivity index (χ4v) is 2.40. The minimum atomic E-state index is 0.777. The summed E-state index contributed by atoms with van der Waals surface area (Å²) in [6.45, 7) is 0. The number of hydrogen-bond acceptors (Lipinski definition) is 2. The Kier molecular flexibility index (Phi) is 2.18. The normalized spacial score (nSPS) is 13.3. The number of hydrogen-bond donors (Lipinski definition) is 0. The van der Waals surface area contributed by atoms with Crippen LogP contribution in [-0.4, -0.2) is 9.61 Å². The Morgan fingerprint density at radius 2 is 2.11 bits per heavy atom. The van der Waals surface area contributed by atoms with E-state index in [9.17, 15) is 0 Å². The van der Waals surface area contributed by atoms with Crippen LogP contribution in [0.25, 0.3) is 28.6 Å². The van der Waals surface area contributed by atoms with Crippen LogP contribution in [0.5, 0.6) is 0 Å². The standard InChI is InChI=1S/C16H12N2O/c1-3-7-14-13(6-1)11-18-16(14)19-15-8-4-2-5-12(15)9-10-17-18/h1-3,5-11H,4H2. The molecule has 4 rings (SSSR count). The molecule has 3 aromatic rings. The van der Waals surface area contributed by atoms with Crippen molar-refractivity contribution < 1.29 is 4.42 Å². The molecule has 0 fully saturated rings. The molecule has 0 bridgehead atoms. The van der Waals surface area contributed by atoms with Gasteiger partial charge in [0.15, 0.2) is 0 Å². The summed E-state index contributed by atoms with van der Waals surface area (Å²) in [5, 5.41) is 6.61. The Morgan fingerprint density at radius 1 is 1.16 bits per heavy atom. The Labute approximate surface area is 109 Å². The Bertz CT molecular complexity index is 898. The van der Waals surface area contributed by atoms with Crippen LogP contribution in [0.2, 0.25) is 0 Å². The molecule has 92 valence electrons. The summed E-state index contributed by atoms with van der Waals surface area (Å²) in [5.41, 5.74) is 2.74. The molecule has 1 aromatic carbocycles. The van der Waals surface area contributed by atoms with E-state index < -0.39 is 0 Å². The van der Waals surface area contributed by atoms with Gasteiger partial charge in [-0.25, -0.2) is 4.52 Å². The summed E-state index contributed by atoms with van der Waals surface area (Å²) in [6.07, 6.45) is 11.0. The lowest BCUT2D eigenvalue weighted by Gasteiger charge is -1.99. The van der Waals surface area contributed by atoms with Gasteiger partial charge in [-0.3, -0.25) is 0 Å². The summed E-state index contributed by atoms with van der Waals surface area (Å²) in [7, 11) is 0. The maximum atomic E-state index is 6.08. The molecule has 2 heterocycles. The highest BCUT2D eigenvalue weighted by Crippen LogP contribution is 2.19. The predicted molar refractivity (Wildman–Crippen MR) is 75.9 cm³/mol. The van der Waals surface area contributed by atoms with Crippen molar-refractivity contribution >= 4 is 28.6 Å². The Hall–Kier alpha value is -2.55. The maximum Gasteiger partial charge on any atom is 0.228 e. The molecule has 0 unspecified atom stereocenters. The largest absolute Gasteiger partial charge is 0.438 e. The van der Waals surface area contributed by atoms with Gasteiger partial charge in [0.2, 0.25) is 5.71 Å². The molecule has 0 saturated heterocycles. The SMILES string of the molecule is C1=Cc2ccnn3cc4ccccc4c3oc2=CC1. The van der Waals surface area contributed by atoms with Gasteiger partial charge in [-0.1, -0.05) is 30.4 Å². The summed E-state index contributed by atoms with van der Waals surface area (Å²) in [5.74, 6) is 0. The van der Waals surface area contributed by atoms with Crippen molar-refractivity contribution in [3.8, 4) is 0 Å². The van der Waals surface area contributed by atoms with Crippen LogP contribution in [0, 0.1) is 0 Å². The van der Waals surface area contributed by atoms with Crippen molar-refractivity contribution in [3.63, 3.8) is 0 Å². The van der Waals surface area contributed by atoms with E-state index in [2.05, 4.69) is 35.5 Å². The molecule has 0 saturated carbocycles. The third-order valence-electron chi connectivity index (χ3n) is 3.33. The number of rotatable bonds is 0. The van der Waals surface area contributed by atoms with Gasteiger partial charge in [0.05, 0.1) is 0 Å². The Balaban J connectivity index is 2.24. The predicted octanol–water partition coefficient (Wildman–Crippen LogP) is 3.12. The van der Waals surface area contributed by atoms with Gasteiger partial charge in [-0.05, 0) is 24.6 Å². The molecule has 3 nitrogen and oxygen atoms in total. The van der Waals surface area contributed by atoms with Gasteiger partial charge in [0, 0.05) is 28.7 Å². The van der Waals surface area contributed by atoms with Crippen molar-refractivity contribution in [2.24, 2.45) is 0 Å². The average molecular weight is 248 g/mol. The fourth-order valence-electron chi connectivity index (χ4n) is 2.40. The van der Waals surface area contributed by atoms with Gasteiger partial charge in [0.25, 0.3) is 0 Å². The Morgan fingerprint density at radius 3 is 3.11 bits per heavy atom. The smallest absolute Gasteiger partial charge is 0.228 e. The van der Waals surface area contributed by atoms with Crippen LogP contribution in [0.1, 0.15) is 12.0 Å². The number of aromatic nitrogens is 2. The van der Waals surface area contributed by atoms with E-state index in [1.165, 1.54) is 0 Å². The monoisotopic (exact) mass is 248 g/mol. The van der Waals surface area contributed by atoms with Crippen molar-refractivity contribution in [1.29, 1.82) is 0 Å². The first kappa shape index (κ1) is 10.4. The van der Waals surface area contributed by atoms with Gasteiger partial charge >= 0.3 is 0 Å². The quantitative estimate of drug-likeness (QED) is 0.612. The molecule has 19 heavy (non-hydrogen) atoms. The minimum Gasteiger partial charge on any atom is -0.438 e. The zero-order chi connectivity index (χ0) is 12.7. The summed E-state index contributed by atoms with van der Waals surface area (Å²) in [6, 6.07) is 10.1. The summed E-state index contributed by atoms with van der Waals surface area (Å²) in [4.78, 5) is 0. The summed E-state index contributed by atoms with van der Waals surface area (Å²) < 4.78 is 7.87. The zero-order valence-corrected chi connectivity index (χ0v) is 10.3. The third-order valence-corrected chi connectivity index (χ3v) is 3.33. The van der Waals surface area contributed by atoms with Crippen LogP contribution in [0.4, 0.5) is 0 Å². The highest BCUT2D eigenvalue weighted by molar-refractivity contribution is 5.93. The molecule has 2 aromatic heterocycles. The minimum absolute atomic E-state index is 0.777. The second-order valence-electron chi connectivity index (χ2n) is 4.56. The maximum absolute atomic E-state index is 6.08. The first-order chi connectivity index (χ1) is 9.42. The van der Waals surface area contributed by atoms with E-state index in [1.807, 2.05) is 30.6 Å². The van der Waals surface area contributed by atoms with Gasteiger partial charge in [0.1, 0.15) is 5.42 Å². The molecule has 0 N–H and O–H groups in total. The van der Waals surface area contributed by atoms with Crippen molar-refractivity contribution in [3.05, 3.63) is 59.8 Å². The number of fused-ring (bicyclic) bond motifs is 4. The fraction of sp³-hybridized carbons (Fsp3) is 0.0625. The molecule has 0 amide bonds. The van der Waals surface area contributed by atoms with Gasteiger partial charge < -0.3 is 4.42 Å². The van der Waals surface area contributed by atoms with Crippen LogP contribution in [0.3, 0.4) is 0 Å². The number of nitrogens with zero attached hydrogens (tertiary/aromatic N) is 2. The third kappa shape index (κ3) is 1.63. The van der Waals surface area contributed by atoms with Gasteiger partial charge in [-0.2, -0.15) is 5.10 Å². The van der Waals surface area contributed by atoms with E-state index in [0.717, 1.165) is 33.9 Å². The first-order valence-corrected chi connectivity index (χ1v) is 6.31. The van der Waals surface area contributed by atoms with Crippen LogP contribution in [-0.2, 0) is 0 Å². The highest BCUT2D eigenvalue weighted by Gasteiger charge is 2.04. The van der Waals surface area contributed by atoms with Gasteiger partial charge in [-0.15, -0.1) is 0 Å². The topological polar surface area (TPSA) is 30.4 Å². The lowest BCUT2D eigenvalue weighted by molar-refractivity contribution is 0.540. The molecule has 0 aliphatic heterocycles. The second kappa shape index (κ2) is 3.99. The second-order valence-corrected chi connectivity index (χ2v) is 4.56. The highest BCUT2D eigenvalue weighted by atomic mass is 16.3. The van der Waals surface area contributed by atoms with E-state index in [-0.39, 0.29) is 0 Å². The summed E-state index contributed by atoms with van der Waals surface area (Å²) >= 11 is 0. The molecular weight excluding hydrogens is 236 g/mol. The van der Waals surface area contributed by atoms with E-state index in [0.29, 0.717) is 0 Å². The molecule has 1 aliphatic rings.